The Hall–Kier alpha value is -2.99. The Morgan fingerprint density at radius 2 is 1.92 bits per heavy atom. The second-order valence-corrected chi connectivity index (χ2v) is 6.32. The van der Waals surface area contributed by atoms with Gasteiger partial charge in [-0.1, -0.05) is 15.9 Å². The van der Waals surface area contributed by atoms with Gasteiger partial charge in [0.25, 0.3) is 5.91 Å². The largest absolute Gasteiger partial charge is 0.436 e. The zero-order chi connectivity index (χ0) is 17.2. The summed E-state index contributed by atoms with van der Waals surface area (Å²) in [5.74, 6) is 0.322. The minimum Gasteiger partial charge on any atom is -0.436 e. The van der Waals surface area contributed by atoms with Crippen LogP contribution in [0.25, 0.3) is 22.6 Å². The maximum Gasteiger partial charge on any atom is 0.255 e. The number of hydrogen-bond donors (Lipinski definition) is 1. The molecule has 0 saturated carbocycles. The van der Waals surface area contributed by atoms with Crippen molar-refractivity contribution in [2.24, 2.45) is 0 Å². The van der Waals surface area contributed by atoms with Crippen LogP contribution in [0.2, 0.25) is 0 Å². The van der Waals surface area contributed by atoms with Gasteiger partial charge in [-0.15, -0.1) is 0 Å². The molecule has 25 heavy (non-hydrogen) atoms. The number of halogens is 1. The molecule has 2 aromatic heterocycles. The molecule has 0 radical (unpaired) electrons. The fraction of sp³-hybridized carbons (Fsp3) is 0. The summed E-state index contributed by atoms with van der Waals surface area (Å²) >= 11 is 3.36. The Bertz CT molecular complexity index is 1040. The van der Waals surface area contributed by atoms with Gasteiger partial charge in [0.1, 0.15) is 5.52 Å². The average Bonchev–Trinajstić information content (AvgIpc) is 3.06. The van der Waals surface area contributed by atoms with Crippen molar-refractivity contribution in [1.82, 2.24) is 9.97 Å². The molecular weight excluding hydrogens is 382 g/mol. The van der Waals surface area contributed by atoms with Gasteiger partial charge in [0.05, 0.1) is 5.56 Å². The van der Waals surface area contributed by atoms with Crippen LogP contribution < -0.4 is 5.32 Å². The number of anilines is 1. The highest BCUT2D eigenvalue weighted by Crippen LogP contribution is 2.26. The number of aromatic nitrogens is 2. The summed E-state index contributed by atoms with van der Waals surface area (Å²) in [7, 11) is 0. The summed E-state index contributed by atoms with van der Waals surface area (Å²) in [4.78, 5) is 20.8. The summed E-state index contributed by atoms with van der Waals surface area (Å²) in [6.45, 7) is 0. The molecule has 0 fully saturated rings. The predicted octanol–water partition coefficient (Wildman–Crippen LogP) is 4.90. The molecule has 4 rings (SSSR count). The molecule has 2 heterocycles. The van der Waals surface area contributed by atoms with Gasteiger partial charge in [-0.2, -0.15) is 0 Å². The lowest BCUT2D eigenvalue weighted by atomic mass is 10.2. The molecule has 5 nitrogen and oxygen atoms in total. The minimum atomic E-state index is -0.178. The SMILES string of the molecule is O=C(Nc1ccc2oc(-c3cccnc3)nc2c1)c1ccc(Br)cc1. The number of pyridine rings is 1. The second-order valence-electron chi connectivity index (χ2n) is 5.40. The second kappa shape index (κ2) is 6.49. The smallest absolute Gasteiger partial charge is 0.255 e. The number of nitrogens with one attached hydrogen (secondary N) is 1. The van der Waals surface area contributed by atoms with Crippen molar-refractivity contribution >= 4 is 38.6 Å². The van der Waals surface area contributed by atoms with Gasteiger partial charge in [-0.3, -0.25) is 9.78 Å². The van der Waals surface area contributed by atoms with E-state index in [1.165, 1.54) is 0 Å². The van der Waals surface area contributed by atoms with Crippen LogP contribution >= 0.6 is 15.9 Å². The molecule has 1 N–H and O–H groups in total. The number of amides is 1. The van der Waals surface area contributed by atoms with Gasteiger partial charge in [-0.05, 0) is 54.6 Å². The van der Waals surface area contributed by atoms with Crippen LogP contribution in [-0.4, -0.2) is 15.9 Å². The summed E-state index contributed by atoms with van der Waals surface area (Å²) in [5, 5.41) is 2.87. The maximum absolute atomic E-state index is 12.3. The predicted molar refractivity (Wildman–Crippen MR) is 99.3 cm³/mol. The molecule has 0 unspecified atom stereocenters. The highest BCUT2D eigenvalue weighted by Gasteiger charge is 2.11. The minimum absolute atomic E-state index is 0.178. The molecule has 1 amide bonds. The van der Waals surface area contributed by atoms with Crippen LogP contribution in [0.3, 0.4) is 0 Å². The van der Waals surface area contributed by atoms with Crippen LogP contribution in [-0.2, 0) is 0 Å². The number of fused-ring (bicyclic) bond motifs is 1. The zero-order valence-electron chi connectivity index (χ0n) is 12.9. The molecule has 6 heteroatoms. The van der Waals surface area contributed by atoms with E-state index in [0.717, 1.165) is 10.0 Å². The highest BCUT2D eigenvalue weighted by atomic mass is 79.9. The molecular formula is C19H12BrN3O2. The van der Waals surface area contributed by atoms with Gasteiger partial charge in [0.15, 0.2) is 5.58 Å². The quantitative estimate of drug-likeness (QED) is 0.537. The monoisotopic (exact) mass is 393 g/mol. The van der Waals surface area contributed by atoms with E-state index in [9.17, 15) is 4.79 Å². The van der Waals surface area contributed by atoms with Gasteiger partial charge in [0, 0.05) is 28.1 Å². The molecule has 0 aliphatic heterocycles. The van der Waals surface area contributed by atoms with E-state index in [1.54, 1.807) is 42.7 Å². The summed E-state index contributed by atoms with van der Waals surface area (Å²) in [5.41, 5.74) is 3.37. The molecule has 4 aromatic rings. The number of rotatable bonds is 3. The molecule has 0 aliphatic rings. The highest BCUT2D eigenvalue weighted by molar-refractivity contribution is 9.10. The topological polar surface area (TPSA) is 68.0 Å². The summed E-state index contributed by atoms with van der Waals surface area (Å²) < 4.78 is 6.67. The third kappa shape index (κ3) is 3.29. The molecule has 0 spiro atoms. The van der Waals surface area contributed by atoms with Crippen molar-refractivity contribution in [3.05, 3.63) is 77.0 Å². The Balaban J connectivity index is 1.61. The Kier molecular flexibility index (Phi) is 4.03. The lowest BCUT2D eigenvalue weighted by molar-refractivity contribution is 0.102. The molecule has 0 aliphatic carbocycles. The van der Waals surface area contributed by atoms with Crippen LogP contribution in [0, 0.1) is 0 Å². The number of carbonyl (C=O) groups excluding carboxylic acids is 1. The normalized spacial score (nSPS) is 10.8. The van der Waals surface area contributed by atoms with Crippen LogP contribution in [0.1, 0.15) is 10.4 Å². The van der Waals surface area contributed by atoms with Gasteiger partial charge >= 0.3 is 0 Å². The van der Waals surface area contributed by atoms with Crippen molar-refractivity contribution in [3.63, 3.8) is 0 Å². The maximum atomic E-state index is 12.3. The van der Waals surface area contributed by atoms with Gasteiger partial charge < -0.3 is 9.73 Å². The third-order valence-electron chi connectivity index (χ3n) is 3.66. The fourth-order valence-electron chi connectivity index (χ4n) is 2.42. The van der Waals surface area contributed by atoms with Crippen molar-refractivity contribution in [2.75, 3.05) is 5.32 Å². The van der Waals surface area contributed by atoms with Crippen LogP contribution in [0.15, 0.2) is 75.9 Å². The van der Waals surface area contributed by atoms with E-state index in [0.29, 0.717) is 28.2 Å². The summed E-state index contributed by atoms with van der Waals surface area (Å²) in [6.07, 6.45) is 3.39. The number of hydrogen-bond acceptors (Lipinski definition) is 4. The van der Waals surface area contributed by atoms with E-state index in [4.69, 9.17) is 4.42 Å². The van der Waals surface area contributed by atoms with Crippen LogP contribution in [0.5, 0.6) is 0 Å². The van der Waals surface area contributed by atoms with E-state index < -0.39 is 0 Å². The average molecular weight is 394 g/mol. The Morgan fingerprint density at radius 1 is 1.08 bits per heavy atom. The first-order valence-electron chi connectivity index (χ1n) is 7.57. The Morgan fingerprint density at radius 3 is 2.68 bits per heavy atom. The fourth-order valence-corrected chi connectivity index (χ4v) is 2.69. The van der Waals surface area contributed by atoms with E-state index in [-0.39, 0.29) is 5.91 Å². The van der Waals surface area contributed by atoms with Gasteiger partial charge in [-0.25, -0.2) is 4.98 Å². The first-order valence-corrected chi connectivity index (χ1v) is 8.36. The zero-order valence-corrected chi connectivity index (χ0v) is 14.5. The van der Waals surface area contributed by atoms with Crippen molar-refractivity contribution in [1.29, 1.82) is 0 Å². The van der Waals surface area contributed by atoms with E-state index >= 15 is 0 Å². The molecule has 0 bridgehead atoms. The third-order valence-corrected chi connectivity index (χ3v) is 4.19. The number of benzene rings is 2. The van der Waals surface area contributed by atoms with Crippen LogP contribution in [0.4, 0.5) is 5.69 Å². The number of oxazole rings is 1. The van der Waals surface area contributed by atoms with Crippen molar-refractivity contribution in [2.45, 2.75) is 0 Å². The number of nitrogens with zero attached hydrogens (tertiary/aromatic N) is 2. The van der Waals surface area contributed by atoms with Crippen molar-refractivity contribution < 1.29 is 9.21 Å². The first-order chi connectivity index (χ1) is 12.2. The molecule has 2 aromatic carbocycles. The lowest BCUT2D eigenvalue weighted by Crippen LogP contribution is -2.11. The molecule has 122 valence electrons. The van der Waals surface area contributed by atoms with Crippen molar-refractivity contribution in [3.8, 4) is 11.5 Å². The summed E-state index contributed by atoms with van der Waals surface area (Å²) in [6, 6.07) is 16.3. The van der Waals surface area contributed by atoms with E-state index in [2.05, 4.69) is 31.2 Å². The molecule has 0 saturated heterocycles. The number of carbonyl (C=O) groups is 1. The van der Waals surface area contributed by atoms with Gasteiger partial charge in [0.2, 0.25) is 5.89 Å². The molecule has 0 atom stereocenters. The Labute approximate surface area is 151 Å². The lowest BCUT2D eigenvalue weighted by Gasteiger charge is -2.05. The standard InChI is InChI=1S/C19H12BrN3O2/c20-14-5-3-12(4-6-14)18(24)22-15-7-8-17-16(10-15)23-19(25-17)13-2-1-9-21-11-13/h1-11H,(H,22,24). The first kappa shape index (κ1) is 15.5. The van der Waals surface area contributed by atoms with E-state index in [1.807, 2.05) is 24.3 Å².